The summed E-state index contributed by atoms with van der Waals surface area (Å²) in [4.78, 5) is 13.1. The lowest BCUT2D eigenvalue weighted by Crippen LogP contribution is -2.17. The second-order valence-electron chi connectivity index (χ2n) is 8.28. The number of alkyl halides is 3. The van der Waals surface area contributed by atoms with E-state index in [2.05, 4.69) is 15.5 Å². The molecule has 0 saturated carbocycles. The molecule has 0 aliphatic carbocycles. The molecule has 2 heterocycles. The summed E-state index contributed by atoms with van der Waals surface area (Å²) in [6, 6.07) is 14.6. The van der Waals surface area contributed by atoms with Gasteiger partial charge in [-0.05, 0) is 49.7 Å². The van der Waals surface area contributed by atoms with Crippen molar-refractivity contribution in [1.29, 1.82) is 5.26 Å². The number of carbonyl (C=O) groups is 1. The van der Waals surface area contributed by atoms with Gasteiger partial charge in [0.1, 0.15) is 18.0 Å². The Kier molecular flexibility index (Phi) is 7.61. The number of rotatable bonds is 8. The summed E-state index contributed by atoms with van der Waals surface area (Å²) in [5.74, 6) is -0.861. The Hall–Kier alpha value is -4.47. The SMILES string of the molecule is CCOC(C)n1cc(C(O)c2cccc(NC(=O)c3cc(C(F)(F)F)nn3-c3cccc(C#N)c3)c2)cn1. The van der Waals surface area contributed by atoms with Gasteiger partial charge in [0, 0.05) is 30.1 Å². The quantitative estimate of drug-likeness (QED) is 0.340. The number of anilines is 1. The number of halogens is 3. The van der Waals surface area contributed by atoms with Crippen LogP contribution in [0.1, 0.15) is 59.1 Å². The molecule has 0 radical (unpaired) electrons. The number of nitriles is 1. The van der Waals surface area contributed by atoms with E-state index in [1.807, 2.05) is 19.9 Å². The summed E-state index contributed by atoms with van der Waals surface area (Å²) in [5, 5.41) is 30.3. The highest BCUT2D eigenvalue weighted by molar-refractivity contribution is 6.03. The Labute approximate surface area is 215 Å². The molecule has 0 saturated heterocycles. The molecule has 12 heteroatoms. The predicted molar refractivity (Wildman–Crippen MR) is 130 cm³/mol. The Morgan fingerprint density at radius 1 is 1.18 bits per heavy atom. The number of hydrogen-bond acceptors (Lipinski definition) is 6. The molecule has 2 atom stereocenters. The standard InChI is InChI=1S/C26H23F3N6O3/c1-3-38-16(2)34-15-19(14-31-34)24(36)18-7-5-8-20(11-18)32-25(37)22-12-23(26(27,28)29)33-35(22)21-9-4-6-17(10-21)13-30/h4-12,14-16,24,36H,3H2,1-2H3,(H,32,37). The van der Waals surface area contributed by atoms with Gasteiger partial charge in [-0.25, -0.2) is 9.36 Å². The number of nitrogens with zero attached hydrogens (tertiary/aromatic N) is 5. The fourth-order valence-corrected chi connectivity index (χ4v) is 3.77. The molecule has 2 aromatic carbocycles. The Bertz CT molecular complexity index is 1490. The molecule has 0 aliphatic rings. The van der Waals surface area contributed by atoms with Crippen LogP contribution in [0.25, 0.3) is 5.69 Å². The monoisotopic (exact) mass is 524 g/mol. The van der Waals surface area contributed by atoms with Crippen molar-refractivity contribution in [3.63, 3.8) is 0 Å². The third kappa shape index (κ3) is 5.74. The maximum absolute atomic E-state index is 13.4. The van der Waals surface area contributed by atoms with Gasteiger partial charge in [-0.15, -0.1) is 0 Å². The number of nitrogens with one attached hydrogen (secondary N) is 1. The van der Waals surface area contributed by atoms with Crippen LogP contribution in [-0.4, -0.2) is 37.2 Å². The van der Waals surface area contributed by atoms with E-state index in [9.17, 15) is 23.1 Å². The van der Waals surface area contributed by atoms with Gasteiger partial charge in [-0.3, -0.25) is 4.79 Å². The van der Waals surface area contributed by atoms with E-state index >= 15 is 0 Å². The highest BCUT2D eigenvalue weighted by Gasteiger charge is 2.36. The van der Waals surface area contributed by atoms with E-state index in [0.717, 1.165) is 4.68 Å². The van der Waals surface area contributed by atoms with Gasteiger partial charge in [0.2, 0.25) is 0 Å². The molecule has 9 nitrogen and oxygen atoms in total. The van der Waals surface area contributed by atoms with Crippen molar-refractivity contribution in [2.24, 2.45) is 0 Å². The second-order valence-corrected chi connectivity index (χ2v) is 8.28. The molecular weight excluding hydrogens is 501 g/mol. The van der Waals surface area contributed by atoms with Crippen molar-refractivity contribution >= 4 is 11.6 Å². The zero-order valence-electron chi connectivity index (χ0n) is 20.3. The molecular formula is C26H23F3N6O3. The Balaban J connectivity index is 1.61. The predicted octanol–water partition coefficient (Wildman–Crippen LogP) is 4.85. The van der Waals surface area contributed by atoms with Crippen LogP contribution in [0, 0.1) is 11.3 Å². The summed E-state index contributed by atoms with van der Waals surface area (Å²) in [6.07, 6.45) is -3.06. The molecule has 0 bridgehead atoms. The largest absolute Gasteiger partial charge is 0.435 e. The summed E-state index contributed by atoms with van der Waals surface area (Å²) in [5.41, 5.74) is -0.167. The van der Waals surface area contributed by atoms with Crippen molar-refractivity contribution in [1.82, 2.24) is 19.6 Å². The summed E-state index contributed by atoms with van der Waals surface area (Å²) < 4.78 is 48.2. The average Bonchev–Trinajstić information content (AvgIpc) is 3.57. The van der Waals surface area contributed by atoms with Crippen LogP contribution in [0.15, 0.2) is 67.0 Å². The van der Waals surface area contributed by atoms with E-state index in [1.54, 1.807) is 23.0 Å². The molecule has 38 heavy (non-hydrogen) atoms. The maximum Gasteiger partial charge on any atom is 0.435 e. The average molecular weight is 525 g/mol. The van der Waals surface area contributed by atoms with Crippen LogP contribution >= 0.6 is 0 Å². The molecule has 0 fully saturated rings. The van der Waals surface area contributed by atoms with Crippen molar-refractivity contribution in [2.45, 2.75) is 32.4 Å². The lowest BCUT2D eigenvalue weighted by Gasteiger charge is -2.13. The number of aliphatic hydroxyl groups excluding tert-OH is 1. The smallest absolute Gasteiger partial charge is 0.384 e. The van der Waals surface area contributed by atoms with Gasteiger partial charge in [0.25, 0.3) is 5.91 Å². The number of aromatic nitrogens is 4. The van der Waals surface area contributed by atoms with Gasteiger partial charge < -0.3 is 15.2 Å². The number of ether oxygens (including phenoxy) is 1. The van der Waals surface area contributed by atoms with Gasteiger partial charge in [-0.2, -0.15) is 28.6 Å². The lowest BCUT2D eigenvalue weighted by atomic mass is 10.0. The first-order chi connectivity index (χ1) is 18.1. The number of aliphatic hydroxyl groups is 1. The van der Waals surface area contributed by atoms with Gasteiger partial charge in [-0.1, -0.05) is 18.2 Å². The zero-order valence-corrected chi connectivity index (χ0v) is 20.3. The minimum absolute atomic E-state index is 0.118. The molecule has 2 aromatic heterocycles. The van der Waals surface area contributed by atoms with Crippen LogP contribution in [0.3, 0.4) is 0 Å². The van der Waals surface area contributed by atoms with E-state index in [1.165, 1.54) is 42.6 Å². The fourth-order valence-electron chi connectivity index (χ4n) is 3.77. The highest BCUT2D eigenvalue weighted by atomic mass is 19.4. The highest BCUT2D eigenvalue weighted by Crippen LogP contribution is 2.30. The van der Waals surface area contributed by atoms with Crippen LogP contribution in [0.4, 0.5) is 18.9 Å². The van der Waals surface area contributed by atoms with Gasteiger partial charge in [0.05, 0.1) is 23.5 Å². The zero-order chi connectivity index (χ0) is 27.4. The molecule has 2 unspecified atom stereocenters. The van der Waals surface area contributed by atoms with Crippen LogP contribution < -0.4 is 5.32 Å². The van der Waals surface area contributed by atoms with E-state index in [-0.39, 0.29) is 28.9 Å². The summed E-state index contributed by atoms with van der Waals surface area (Å²) >= 11 is 0. The minimum Gasteiger partial charge on any atom is -0.384 e. The van der Waals surface area contributed by atoms with Crippen LogP contribution in [0.5, 0.6) is 0 Å². The van der Waals surface area contributed by atoms with Crippen LogP contribution in [0.2, 0.25) is 0 Å². The Morgan fingerprint density at radius 2 is 1.95 bits per heavy atom. The molecule has 4 aromatic rings. The van der Waals surface area contributed by atoms with E-state index < -0.39 is 23.9 Å². The number of carbonyl (C=O) groups excluding carboxylic acids is 1. The van der Waals surface area contributed by atoms with Crippen molar-refractivity contribution in [3.05, 3.63) is 95.1 Å². The first kappa shape index (κ1) is 26.6. The number of benzene rings is 2. The summed E-state index contributed by atoms with van der Waals surface area (Å²) in [7, 11) is 0. The first-order valence-electron chi connectivity index (χ1n) is 11.5. The third-order valence-corrected chi connectivity index (χ3v) is 5.63. The lowest BCUT2D eigenvalue weighted by molar-refractivity contribution is -0.141. The molecule has 0 aliphatic heterocycles. The molecule has 0 spiro atoms. The number of hydrogen-bond donors (Lipinski definition) is 2. The summed E-state index contributed by atoms with van der Waals surface area (Å²) in [6.45, 7) is 4.16. The normalized spacial score (nSPS) is 13.1. The minimum atomic E-state index is -4.79. The number of amides is 1. The van der Waals surface area contributed by atoms with Crippen molar-refractivity contribution in [3.8, 4) is 11.8 Å². The second kappa shape index (κ2) is 10.9. The van der Waals surface area contributed by atoms with Crippen LogP contribution in [-0.2, 0) is 10.9 Å². The van der Waals surface area contributed by atoms with Gasteiger partial charge in [0.15, 0.2) is 5.69 Å². The fraction of sp³-hybridized carbons (Fsp3) is 0.231. The molecule has 2 N–H and O–H groups in total. The van der Waals surface area contributed by atoms with Gasteiger partial charge >= 0.3 is 6.18 Å². The molecule has 1 amide bonds. The molecule has 4 rings (SSSR count). The third-order valence-electron chi connectivity index (χ3n) is 5.63. The molecule has 196 valence electrons. The topological polar surface area (TPSA) is 118 Å². The first-order valence-corrected chi connectivity index (χ1v) is 11.5. The van der Waals surface area contributed by atoms with Crippen molar-refractivity contribution in [2.75, 3.05) is 11.9 Å². The van der Waals surface area contributed by atoms with Crippen molar-refractivity contribution < 1.29 is 27.8 Å². The maximum atomic E-state index is 13.4. The Morgan fingerprint density at radius 3 is 2.66 bits per heavy atom. The van der Waals surface area contributed by atoms with E-state index in [0.29, 0.717) is 23.8 Å². The van der Waals surface area contributed by atoms with E-state index in [4.69, 9.17) is 10.00 Å².